The Morgan fingerprint density at radius 1 is 1.39 bits per heavy atom. The van der Waals surface area contributed by atoms with Gasteiger partial charge in [-0.2, -0.15) is 0 Å². The van der Waals surface area contributed by atoms with Gasteiger partial charge in [-0.15, -0.1) is 0 Å². The van der Waals surface area contributed by atoms with Crippen LogP contribution < -0.4 is 15.4 Å². The maximum absolute atomic E-state index is 5.85. The summed E-state index contributed by atoms with van der Waals surface area (Å²) >= 11 is 0. The zero-order valence-corrected chi connectivity index (χ0v) is 11.7. The summed E-state index contributed by atoms with van der Waals surface area (Å²) in [6, 6.07) is 6.18. The summed E-state index contributed by atoms with van der Waals surface area (Å²) in [7, 11) is 1.71. The topological polar surface area (TPSA) is 38.5 Å². The van der Waals surface area contributed by atoms with Crippen LogP contribution in [0.1, 0.15) is 32.3 Å². The molecule has 1 heterocycles. The number of rotatable bonds is 3. The SMILES string of the molecule is COc1ccc(CN)c(N2CCCC(C)(C)C2)c1. The molecule has 0 bridgehead atoms. The van der Waals surface area contributed by atoms with Gasteiger partial charge in [-0.25, -0.2) is 0 Å². The summed E-state index contributed by atoms with van der Waals surface area (Å²) in [6.45, 7) is 7.45. The molecule has 3 heteroatoms. The highest BCUT2D eigenvalue weighted by Gasteiger charge is 2.27. The summed E-state index contributed by atoms with van der Waals surface area (Å²) in [5, 5.41) is 0. The lowest BCUT2D eigenvalue weighted by Crippen LogP contribution is -2.40. The van der Waals surface area contributed by atoms with Gasteiger partial charge in [0.05, 0.1) is 7.11 Å². The van der Waals surface area contributed by atoms with E-state index in [2.05, 4.69) is 30.9 Å². The third kappa shape index (κ3) is 2.78. The van der Waals surface area contributed by atoms with Crippen molar-refractivity contribution in [2.24, 2.45) is 11.1 Å². The number of benzene rings is 1. The average molecular weight is 248 g/mol. The Bertz CT molecular complexity index is 415. The summed E-state index contributed by atoms with van der Waals surface area (Å²) in [6.07, 6.45) is 2.54. The standard InChI is InChI=1S/C15H24N2O/c1-15(2)7-4-8-17(11-15)14-9-13(18-3)6-5-12(14)10-16/h5-6,9H,4,7-8,10-11,16H2,1-3H3. The van der Waals surface area contributed by atoms with Crippen LogP contribution in [0.15, 0.2) is 18.2 Å². The highest BCUT2D eigenvalue weighted by atomic mass is 16.5. The van der Waals surface area contributed by atoms with Gasteiger partial charge >= 0.3 is 0 Å². The van der Waals surface area contributed by atoms with Crippen LogP contribution in [0.25, 0.3) is 0 Å². The summed E-state index contributed by atoms with van der Waals surface area (Å²) in [5.41, 5.74) is 8.67. The highest BCUT2D eigenvalue weighted by molar-refractivity contribution is 5.57. The monoisotopic (exact) mass is 248 g/mol. The van der Waals surface area contributed by atoms with Crippen LogP contribution in [0, 0.1) is 5.41 Å². The minimum absolute atomic E-state index is 0.382. The molecule has 3 nitrogen and oxygen atoms in total. The lowest BCUT2D eigenvalue weighted by molar-refractivity contribution is 0.292. The number of hydrogen-bond donors (Lipinski definition) is 1. The van der Waals surface area contributed by atoms with Crippen LogP contribution in [-0.4, -0.2) is 20.2 Å². The highest BCUT2D eigenvalue weighted by Crippen LogP contribution is 2.34. The summed E-state index contributed by atoms with van der Waals surface area (Å²) < 4.78 is 5.33. The lowest BCUT2D eigenvalue weighted by atomic mass is 9.84. The fraction of sp³-hybridized carbons (Fsp3) is 0.600. The zero-order valence-electron chi connectivity index (χ0n) is 11.7. The second kappa shape index (κ2) is 5.19. The van der Waals surface area contributed by atoms with Crippen molar-refractivity contribution in [1.82, 2.24) is 0 Å². The van der Waals surface area contributed by atoms with Crippen molar-refractivity contribution in [3.8, 4) is 5.75 Å². The molecule has 0 radical (unpaired) electrons. The normalized spacial score (nSPS) is 18.8. The van der Waals surface area contributed by atoms with Gasteiger partial charge < -0.3 is 15.4 Å². The van der Waals surface area contributed by atoms with Crippen LogP contribution >= 0.6 is 0 Å². The molecule has 2 N–H and O–H groups in total. The number of methoxy groups -OCH3 is 1. The molecule has 0 spiro atoms. The number of hydrogen-bond acceptors (Lipinski definition) is 3. The molecule has 0 atom stereocenters. The maximum atomic E-state index is 5.85. The van der Waals surface area contributed by atoms with E-state index in [9.17, 15) is 0 Å². The predicted molar refractivity (Wildman–Crippen MR) is 76.1 cm³/mol. The van der Waals surface area contributed by atoms with Gasteiger partial charge in [0.25, 0.3) is 0 Å². The Labute approximate surface area is 110 Å². The third-order valence-corrected chi connectivity index (χ3v) is 3.75. The van der Waals surface area contributed by atoms with E-state index in [0.29, 0.717) is 12.0 Å². The summed E-state index contributed by atoms with van der Waals surface area (Å²) in [4.78, 5) is 2.45. The largest absolute Gasteiger partial charge is 0.497 e. The number of nitrogens with zero attached hydrogens (tertiary/aromatic N) is 1. The molecule has 100 valence electrons. The molecule has 1 fully saturated rings. The first-order valence-electron chi connectivity index (χ1n) is 6.68. The van der Waals surface area contributed by atoms with Crippen LogP contribution in [-0.2, 0) is 6.54 Å². The molecule has 0 unspecified atom stereocenters. The maximum Gasteiger partial charge on any atom is 0.120 e. The number of anilines is 1. The Kier molecular flexibility index (Phi) is 3.81. The van der Waals surface area contributed by atoms with Gasteiger partial charge in [0.2, 0.25) is 0 Å². The second-order valence-electron chi connectivity index (χ2n) is 5.89. The van der Waals surface area contributed by atoms with E-state index >= 15 is 0 Å². The smallest absolute Gasteiger partial charge is 0.120 e. The third-order valence-electron chi connectivity index (χ3n) is 3.75. The van der Waals surface area contributed by atoms with E-state index < -0.39 is 0 Å². The van der Waals surface area contributed by atoms with Crippen molar-refractivity contribution in [2.45, 2.75) is 33.2 Å². The van der Waals surface area contributed by atoms with E-state index in [0.717, 1.165) is 18.8 Å². The predicted octanol–water partition coefficient (Wildman–Crippen LogP) is 2.78. The molecule has 0 amide bonds. The Balaban J connectivity index is 2.30. The van der Waals surface area contributed by atoms with Crippen molar-refractivity contribution in [1.29, 1.82) is 0 Å². The molecular formula is C15H24N2O. The van der Waals surface area contributed by atoms with Crippen LogP contribution in [0.2, 0.25) is 0 Å². The zero-order chi connectivity index (χ0) is 13.2. The molecule has 0 aromatic heterocycles. The quantitative estimate of drug-likeness (QED) is 0.894. The van der Waals surface area contributed by atoms with Gasteiger partial charge in [0.15, 0.2) is 0 Å². The molecule has 0 saturated carbocycles. The van der Waals surface area contributed by atoms with Crippen molar-refractivity contribution < 1.29 is 4.74 Å². The van der Waals surface area contributed by atoms with E-state index in [1.807, 2.05) is 6.07 Å². The van der Waals surface area contributed by atoms with E-state index in [1.54, 1.807) is 7.11 Å². The first-order chi connectivity index (χ1) is 8.55. The van der Waals surface area contributed by atoms with Crippen molar-refractivity contribution >= 4 is 5.69 Å². The van der Waals surface area contributed by atoms with Crippen molar-refractivity contribution in [2.75, 3.05) is 25.1 Å². The molecule has 1 aliphatic rings. The van der Waals surface area contributed by atoms with Gasteiger partial charge in [-0.05, 0) is 29.9 Å². The molecule has 1 aliphatic heterocycles. The molecule has 2 rings (SSSR count). The molecule has 1 saturated heterocycles. The van der Waals surface area contributed by atoms with Crippen LogP contribution in [0.5, 0.6) is 5.75 Å². The summed E-state index contributed by atoms with van der Waals surface area (Å²) in [5.74, 6) is 0.908. The molecule has 18 heavy (non-hydrogen) atoms. The van der Waals surface area contributed by atoms with E-state index in [-0.39, 0.29) is 0 Å². The minimum atomic E-state index is 0.382. The van der Waals surface area contributed by atoms with Gasteiger partial charge in [-0.3, -0.25) is 0 Å². The first-order valence-corrected chi connectivity index (χ1v) is 6.68. The fourth-order valence-corrected chi connectivity index (χ4v) is 2.77. The Hall–Kier alpha value is -1.22. The molecule has 1 aromatic carbocycles. The number of piperidine rings is 1. The van der Waals surface area contributed by atoms with Gasteiger partial charge in [0, 0.05) is 31.4 Å². The average Bonchev–Trinajstić information content (AvgIpc) is 2.36. The molecule has 1 aromatic rings. The van der Waals surface area contributed by atoms with Crippen molar-refractivity contribution in [3.63, 3.8) is 0 Å². The van der Waals surface area contributed by atoms with Crippen LogP contribution in [0.4, 0.5) is 5.69 Å². The molecule has 0 aliphatic carbocycles. The fourth-order valence-electron chi connectivity index (χ4n) is 2.77. The second-order valence-corrected chi connectivity index (χ2v) is 5.89. The Morgan fingerprint density at radius 3 is 2.78 bits per heavy atom. The lowest BCUT2D eigenvalue weighted by Gasteiger charge is -2.40. The van der Waals surface area contributed by atoms with E-state index in [1.165, 1.54) is 24.1 Å². The number of nitrogens with two attached hydrogens (primary N) is 1. The molecular weight excluding hydrogens is 224 g/mol. The van der Waals surface area contributed by atoms with Crippen LogP contribution in [0.3, 0.4) is 0 Å². The minimum Gasteiger partial charge on any atom is -0.497 e. The van der Waals surface area contributed by atoms with Crippen molar-refractivity contribution in [3.05, 3.63) is 23.8 Å². The first kappa shape index (κ1) is 13.2. The Morgan fingerprint density at radius 2 is 2.17 bits per heavy atom. The van der Waals surface area contributed by atoms with Gasteiger partial charge in [-0.1, -0.05) is 19.9 Å². The van der Waals surface area contributed by atoms with Gasteiger partial charge in [0.1, 0.15) is 5.75 Å². The van der Waals surface area contributed by atoms with E-state index in [4.69, 9.17) is 10.5 Å². The number of ether oxygens (including phenoxy) is 1.